The van der Waals surface area contributed by atoms with Crippen LogP contribution in [0.3, 0.4) is 0 Å². The van der Waals surface area contributed by atoms with Crippen molar-refractivity contribution in [2.75, 3.05) is 5.75 Å². The third-order valence-electron chi connectivity index (χ3n) is 2.87. The SMILES string of the molecule is CC(C)N1C(=S)SC[C@H]1Cc1ccccc1. The number of hydrogen-bond acceptors (Lipinski definition) is 2. The minimum absolute atomic E-state index is 0.510. The van der Waals surface area contributed by atoms with Gasteiger partial charge in [0.25, 0.3) is 0 Å². The second kappa shape index (κ2) is 5.19. The molecule has 1 aromatic carbocycles. The molecule has 0 N–H and O–H groups in total. The molecule has 0 saturated carbocycles. The monoisotopic (exact) mass is 251 g/mol. The van der Waals surface area contributed by atoms with Crippen molar-refractivity contribution < 1.29 is 0 Å². The van der Waals surface area contributed by atoms with Gasteiger partial charge >= 0.3 is 0 Å². The Morgan fingerprint density at radius 2 is 2.06 bits per heavy atom. The Balaban J connectivity index is 2.07. The van der Waals surface area contributed by atoms with Crippen LogP contribution in [0.5, 0.6) is 0 Å². The lowest BCUT2D eigenvalue weighted by Crippen LogP contribution is -2.39. The highest BCUT2D eigenvalue weighted by molar-refractivity contribution is 8.23. The van der Waals surface area contributed by atoms with Crippen molar-refractivity contribution in [2.24, 2.45) is 0 Å². The van der Waals surface area contributed by atoms with Crippen molar-refractivity contribution in [3.05, 3.63) is 35.9 Å². The Labute approximate surface area is 107 Å². The third-order valence-corrected chi connectivity index (χ3v) is 4.45. The molecule has 2 rings (SSSR count). The van der Waals surface area contributed by atoms with E-state index in [-0.39, 0.29) is 0 Å². The first-order chi connectivity index (χ1) is 7.68. The maximum atomic E-state index is 5.40. The fraction of sp³-hybridized carbons (Fsp3) is 0.462. The molecule has 0 radical (unpaired) electrons. The third kappa shape index (κ3) is 2.58. The molecule has 1 aliphatic rings. The summed E-state index contributed by atoms with van der Waals surface area (Å²) in [5.74, 6) is 1.13. The lowest BCUT2D eigenvalue weighted by atomic mass is 10.1. The van der Waals surface area contributed by atoms with Crippen molar-refractivity contribution in [3.63, 3.8) is 0 Å². The van der Waals surface area contributed by atoms with Gasteiger partial charge in [0.1, 0.15) is 4.32 Å². The Kier molecular flexibility index (Phi) is 3.87. The molecule has 0 aromatic heterocycles. The summed E-state index contributed by atoms with van der Waals surface area (Å²) in [4.78, 5) is 2.38. The molecule has 0 unspecified atom stereocenters. The lowest BCUT2D eigenvalue weighted by Gasteiger charge is -2.29. The number of benzene rings is 1. The van der Waals surface area contributed by atoms with E-state index < -0.39 is 0 Å². The molecule has 16 heavy (non-hydrogen) atoms. The van der Waals surface area contributed by atoms with Gasteiger partial charge in [-0.2, -0.15) is 0 Å². The number of rotatable bonds is 3. The number of thiocarbonyl (C=S) groups is 1. The quantitative estimate of drug-likeness (QED) is 0.759. The summed E-state index contributed by atoms with van der Waals surface area (Å²) < 4.78 is 1.07. The van der Waals surface area contributed by atoms with Crippen molar-refractivity contribution >= 4 is 28.3 Å². The lowest BCUT2D eigenvalue weighted by molar-refractivity contribution is 0.296. The standard InChI is InChI=1S/C13H17NS2/c1-10(2)14-12(9-16-13(14)15)8-11-6-4-3-5-7-11/h3-7,10,12H,8-9H2,1-2H3/t12-/m1/s1. The molecule has 1 aromatic rings. The van der Waals surface area contributed by atoms with E-state index in [1.807, 2.05) is 11.8 Å². The summed E-state index contributed by atoms with van der Waals surface area (Å²) in [6, 6.07) is 11.8. The van der Waals surface area contributed by atoms with E-state index in [1.165, 1.54) is 5.56 Å². The van der Waals surface area contributed by atoms with Gasteiger partial charge in [-0.15, -0.1) is 0 Å². The van der Waals surface area contributed by atoms with Gasteiger partial charge in [-0.3, -0.25) is 0 Å². The zero-order valence-corrected chi connectivity index (χ0v) is 11.4. The second-order valence-corrected chi connectivity index (χ2v) is 6.08. The average molecular weight is 251 g/mol. The van der Waals surface area contributed by atoms with Gasteiger partial charge in [0, 0.05) is 17.8 Å². The fourth-order valence-electron chi connectivity index (χ4n) is 2.15. The van der Waals surface area contributed by atoms with E-state index in [2.05, 4.69) is 49.1 Å². The van der Waals surface area contributed by atoms with Crippen molar-refractivity contribution in [2.45, 2.75) is 32.4 Å². The Morgan fingerprint density at radius 3 is 2.69 bits per heavy atom. The van der Waals surface area contributed by atoms with Crippen LogP contribution in [0, 0.1) is 0 Å². The topological polar surface area (TPSA) is 3.24 Å². The predicted molar refractivity (Wildman–Crippen MR) is 76.0 cm³/mol. The van der Waals surface area contributed by atoms with Crippen LogP contribution in [0.15, 0.2) is 30.3 Å². The van der Waals surface area contributed by atoms with Crippen LogP contribution in [0.1, 0.15) is 19.4 Å². The number of hydrogen-bond donors (Lipinski definition) is 0. The van der Waals surface area contributed by atoms with Crippen LogP contribution < -0.4 is 0 Å². The first kappa shape index (κ1) is 11.9. The largest absolute Gasteiger partial charge is 0.351 e. The van der Waals surface area contributed by atoms with Crippen LogP contribution in [0.4, 0.5) is 0 Å². The average Bonchev–Trinajstić information content (AvgIpc) is 2.61. The molecule has 1 heterocycles. The molecule has 0 amide bonds. The van der Waals surface area contributed by atoms with Crippen molar-refractivity contribution in [3.8, 4) is 0 Å². The van der Waals surface area contributed by atoms with Crippen LogP contribution in [0.25, 0.3) is 0 Å². The van der Waals surface area contributed by atoms with E-state index in [4.69, 9.17) is 12.2 Å². The zero-order chi connectivity index (χ0) is 11.5. The Bertz CT molecular complexity index is 361. The molecule has 1 fully saturated rings. The van der Waals surface area contributed by atoms with Crippen molar-refractivity contribution in [1.29, 1.82) is 0 Å². The molecule has 1 atom stereocenters. The highest BCUT2D eigenvalue weighted by atomic mass is 32.2. The smallest absolute Gasteiger partial charge is 0.136 e. The summed E-state index contributed by atoms with van der Waals surface area (Å²) in [7, 11) is 0. The maximum Gasteiger partial charge on any atom is 0.136 e. The van der Waals surface area contributed by atoms with Gasteiger partial charge in [-0.05, 0) is 25.8 Å². The van der Waals surface area contributed by atoms with Gasteiger partial charge in [-0.25, -0.2) is 0 Å². The van der Waals surface area contributed by atoms with Crippen molar-refractivity contribution in [1.82, 2.24) is 4.90 Å². The van der Waals surface area contributed by atoms with Gasteiger partial charge in [0.05, 0.1) is 0 Å². The predicted octanol–water partition coefficient (Wildman–Crippen LogP) is 3.34. The summed E-state index contributed by atoms with van der Waals surface area (Å²) in [5.41, 5.74) is 1.41. The molecule has 1 aliphatic heterocycles. The first-order valence-electron chi connectivity index (χ1n) is 5.67. The zero-order valence-electron chi connectivity index (χ0n) is 9.72. The van der Waals surface area contributed by atoms with Gasteiger partial charge in [0.2, 0.25) is 0 Å². The van der Waals surface area contributed by atoms with Crippen LogP contribution in [0.2, 0.25) is 0 Å². The molecule has 0 bridgehead atoms. The molecule has 1 saturated heterocycles. The molecule has 0 aliphatic carbocycles. The Hall–Kier alpha value is -0.540. The summed E-state index contributed by atoms with van der Waals surface area (Å²) in [6.45, 7) is 4.44. The van der Waals surface area contributed by atoms with E-state index in [9.17, 15) is 0 Å². The van der Waals surface area contributed by atoms with E-state index in [1.54, 1.807) is 0 Å². The summed E-state index contributed by atoms with van der Waals surface area (Å²) in [6.07, 6.45) is 1.10. The number of thioether (sulfide) groups is 1. The molecule has 3 heteroatoms. The van der Waals surface area contributed by atoms with Gasteiger partial charge in [-0.1, -0.05) is 54.3 Å². The highest BCUT2D eigenvalue weighted by Crippen LogP contribution is 2.28. The normalized spacial score (nSPS) is 20.8. The number of nitrogens with zero attached hydrogens (tertiary/aromatic N) is 1. The van der Waals surface area contributed by atoms with Crippen LogP contribution in [-0.4, -0.2) is 27.1 Å². The van der Waals surface area contributed by atoms with Gasteiger partial charge in [0.15, 0.2) is 0 Å². The van der Waals surface area contributed by atoms with E-state index >= 15 is 0 Å². The molecule has 86 valence electrons. The summed E-state index contributed by atoms with van der Waals surface area (Å²) in [5, 5.41) is 0. The van der Waals surface area contributed by atoms with Crippen LogP contribution >= 0.6 is 24.0 Å². The van der Waals surface area contributed by atoms with E-state index in [0.29, 0.717) is 12.1 Å². The Morgan fingerprint density at radius 1 is 1.38 bits per heavy atom. The molecular weight excluding hydrogens is 234 g/mol. The minimum Gasteiger partial charge on any atom is -0.351 e. The fourth-order valence-corrected chi connectivity index (χ4v) is 3.83. The maximum absolute atomic E-state index is 5.40. The summed E-state index contributed by atoms with van der Waals surface area (Å²) >= 11 is 7.22. The molecule has 1 nitrogen and oxygen atoms in total. The molecular formula is C13H17NS2. The first-order valence-corrected chi connectivity index (χ1v) is 7.07. The van der Waals surface area contributed by atoms with Gasteiger partial charge < -0.3 is 4.90 Å². The van der Waals surface area contributed by atoms with Crippen LogP contribution in [-0.2, 0) is 6.42 Å². The minimum atomic E-state index is 0.510. The highest BCUT2D eigenvalue weighted by Gasteiger charge is 2.30. The second-order valence-electron chi connectivity index (χ2n) is 4.42. The van der Waals surface area contributed by atoms with E-state index in [0.717, 1.165) is 16.5 Å². The molecule has 0 spiro atoms.